The lowest BCUT2D eigenvalue weighted by Crippen LogP contribution is -2.43. The second kappa shape index (κ2) is 8.00. The van der Waals surface area contributed by atoms with E-state index in [-0.39, 0.29) is 29.8 Å². The minimum Gasteiger partial charge on any atom is -0.361 e. The van der Waals surface area contributed by atoms with Crippen molar-refractivity contribution in [1.29, 1.82) is 0 Å². The first-order valence-corrected chi connectivity index (χ1v) is 10.6. The molecular formula is C19H24FN3O4S. The second-order valence-electron chi connectivity index (χ2n) is 7.13. The molecule has 0 radical (unpaired) electrons. The first-order valence-electron chi connectivity index (χ1n) is 9.12. The highest BCUT2D eigenvalue weighted by Crippen LogP contribution is 2.26. The largest absolute Gasteiger partial charge is 0.361 e. The Bertz CT molecular complexity index is 929. The lowest BCUT2D eigenvalue weighted by molar-refractivity contribution is -0.135. The van der Waals surface area contributed by atoms with E-state index in [1.54, 1.807) is 11.9 Å². The van der Waals surface area contributed by atoms with Crippen LogP contribution in [0.25, 0.3) is 0 Å². The third kappa shape index (κ3) is 4.10. The molecule has 0 unspecified atom stereocenters. The molecule has 1 fully saturated rings. The van der Waals surface area contributed by atoms with E-state index in [9.17, 15) is 17.6 Å². The number of amides is 1. The van der Waals surface area contributed by atoms with Gasteiger partial charge in [0, 0.05) is 31.6 Å². The Morgan fingerprint density at radius 2 is 1.86 bits per heavy atom. The highest BCUT2D eigenvalue weighted by atomic mass is 32.2. The number of piperidine rings is 1. The molecule has 1 aromatic carbocycles. The van der Waals surface area contributed by atoms with Crippen LogP contribution < -0.4 is 0 Å². The SMILES string of the molecule is Cc1noc(C)c1CN(C)C(=O)C1CCN(S(=O)(=O)c2ccc(F)cc2)CC1. The van der Waals surface area contributed by atoms with Crippen LogP contribution in [0, 0.1) is 25.6 Å². The summed E-state index contributed by atoms with van der Waals surface area (Å²) in [6.07, 6.45) is 0.899. The summed E-state index contributed by atoms with van der Waals surface area (Å²) in [5, 5.41) is 3.90. The number of carbonyl (C=O) groups is 1. The van der Waals surface area contributed by atoms with Gasteiger partial charge in [-0.05, 0) is 51.0 Å². The van der Waals surface area contributed by atoms with Crippen LogP contribution >= 0.6 is 0 Å². The number of halogens is 1. The van der Waals surface area contributed by atoms with Crippen molar-refractivity contribution in [3.8, 4) is 0 Å². The summed E-state index contributed by atoms with van der Waals surface area (Å²) < 4.78 is 44.9. The molecule has 28 heavy (non-hydrogen) atoms. The fourth-order valence-electron chi connectivity index (χ4n) is 3.45. The maximum Gasteiger partial charge on any atom is 0.243 e. The van der Waals surface area contributed by atoms with E-state index in [1.807, 2.05) is 13.8 Å². The van der Waals surface area contributed by atoms with Gasteiger partial charge in [-0.3, -0.25) is 4.79 Å². The van der Waals surface area contributed by atoms with E-state index in [0.717, 1.165) is 23.4 Å². The lowest BCUT2D eigenvalue weighted by atomic mass is 9.96. The lowest BCUT2D eigenvalue weighted by Gasteiger charge is -2.32. The summed E-state index contributed by atoms with van der Waals surface area (Å²) >= 11 is 0. The molecule has 1 aliphatic heterocycles. The van der Waals surface area contributed by atoms with Crippen LogP contribution in [0.1, 0.15) is 29.9 Å². The van der Waals surface area contributed by atoms with Crippen molar-refractivity contribution in [3.05, 3.63) is 47.1 Å². The molecule has 2 heterocycles. The zero-order valence-electron chi connectivity index (χ0n) is 16.2. The van der Waals surface area contributed by atoms with Gasteiger partial charge in [-0.25, -0.2) is 12.8 Å². The third-order valence-electron chi connectivity index (χ3n) is 5.21. The predicted octanol–water partition coefficient (Wildman–Crippen LogP) is 2.49. The summed E-state index contributed by atoms with van der Waals surface area (Å²) in [6, 6.07) is 4.79. The van der Waals surface area contributed by atoms with E-state index in [1.165, 1.54) is 16.4 Å². The Balaban J connectivity index is 1.61. The van der Waals surface area contributed by atoms with Gasteiger partial charge < -0.3 is 9.42 Å². The minimum atomic E-state index is -3.68. The second-order valence-corrected chi connectivity index (χ2v) is 9.07. The van der Waals surface area contributed by atoms with Gasteiger partial charge in [-0.15, -0.1) is 0 Å². The van der Waals surface area contributed by atoms with Crippen molar-refractivity contribution < 1.29 is 22.1 Å². The Labute approximate surface area is 164 Å². The molecular weight excluding hydrogens is 385 g/mol. The molecule has 1 aliphatic rings. The maximum absolute atomic E-state index is 13.1. The van der Waals surface area contributed by atoms with Crippen LogP contribution in [-0.2, 0) is 21.4 Å². The predicted molar refractivity (Wildman–Crippen MR) is 100 cm³/mol. The van der Waals surface area contributed by atoms with Crippen molar-refractivity contribution in [1.82, 2.24) is 14.4 Å². The van der Waals surface area contributed by atoms with Crippen LogP contribution in [0.2, 0.25) is 0 Å². The molecule has 1 aromatic heterocycles. The molecule has 1 saturated heterocycles. The molecule has 0 saturated carbocycles. The first-order chi connectivity index (χ1) is 13.2. The van der Waals surface area contributed by atoms with E-state index in [4.69, 9.17) is 4.52 Å². The van der Waals surface area contributed by atoms with Crippen LogP contribution in [0.3, 0.4) is 0 Å². The maximum atomic E-state index is 13.1. The van der Waals surface area contributed by atoms with Crippen molar-refractivity contribution in [2.24, 2.45) is 5.92 Å². The molecule has 0 N–H and O–H groups in total. The number of hydrogen-bond donors (Lipinski definition) is 0. The Hall–Kier alpha value is -2.26. The van der Waals surface area contributed by atoms with Gasteiger partial charge in [0.25, 0.3) is 0 Å². The molecule has 3 rings (SSSR count). The average Bonchev–Trinajstić information content (AvgIpc) is 2.99. The molecule has 0 bridgehead atoms. The van der Waals surface area contributed by atoms with Crippen molar-refractivity contribution in [2.75, 3.05) is 20.1 Å². The zero-order valence-corrected chi connectivity index (χ0v) is 17.0. The number of aryl methyl sites for hydroxylation is 2. The number of rotatable bonds is 5. The third-order valence-corrected chi connectivity index (χ3v) is 7.12. The highest BCUT2D eigenvalue weighted by molar-refractivity contribution is 7.89. The molecule has 1 amide bonds. The minimum absolute atomic E-state index is 0.0150. The Morgan fingerprint density at radius 1 is 1.25 bits per heavy atom. The molecule has 0 atom stereocenters. The van der Waals surface area contributed by atoms with Crippen molar-refractivity contribution in [2.45, 2.75) is 38.1 Å². The first kappa shape index (κ1) is 20.5. The van der Waals surface area contributed by atoms with Gasteiger partial charge in [0.1, 0.15) is 11.6 Å². The fraction of sp³-hybridized carbons (Fsp3) is 0.474. The van der Waals surface area contributed by atoms with Gasteiger partial charge in [-0.2, -0.15) is 4.31 Å². The Kier molecular flexibility index (Phi) is 5.85. The van der Waals surface area contributed by atoms with Gasteiger partial charge in [-0.1, -0.05) is 5.16 Å². The van der Waals surface area contributed by atoms with Crippen LogP contribution in [0.15, 0.2) is 33.7 Å². The molecule has 9 heteroatoms. The molecule has 2 aromatic rings. The van der Waals surface area contributed by atoms with Crippen molar-refractivity contribution >= 4 is 15.9 Å². The molecule has 0 spiro atoms. The summed E-state index contributed by atoms with van der Waals surface area (Å²) in [6.45, 7) is 4.58. The highest BCUT2D eigenvalue weighted by Gasteiger charge is 2.33. The van der Waals surface area contributed by atoms with E-state index in [0.29, 0.717) is 25.1 Å². The van der Waals surface area contributed by atoms with Crippen LogP contribution in [-0.4, -0.2) is 48.8 Å². The number of nitrogens with zero attached hydrogens (tertiary/aromatic N) is 3. The van der Waals surface area contributed by atoms with E-state index in [2.05, 4.69) is 5.16 Å². The standard InChI is InChI=1S/C19H24FN3O4S/c1-13-18(14(2)27-21-13)12-22(3)19(24)15-8-10-23(11-9-15)28(25,26)17-6-4-16(20)5-7-17/h4-7,15H,8-12H2,1-3H3. The number of benzene rings is 1. The number of hydrogen-bond acceptors (Lipinski definition) is 5. The smallest absolute Gasteiger partial charge is 0.243 e. The van der Waals surface area contributed by atoms with E-state index < -0.39 is 15.8 Å². The summed E-state index contributed by atoms with van der Waals surface area (Å²) in [5.41, 5.74) is 1.66. The van der Waals surface area contributed by atoms with Gasteiger partial charge in [0.05, 0.1) is 17.1 Å². The summed E-state index contributed by atoms with van der Waals surface area (Å²) in [7, 11) is -1.95. The van der Waals surface area contributed by atoms with Crippen LogP contribution in [0.4, 0.5) is 4.39 Å². The number of carbonyl (C=O) groups excluding carboxylic acids is 1. The molecule has 152 valence electrons. The summed E-state index contributed by atoms with van der Waals surface area (Å²) in [5.74, 6) is -0.0362. The fourth-order valence-corrected chi connectivity index (χ4v) is 4.92. The average molecular weight is 409 g/mol. The topological polar surface area (TPSA) is 83.7 Å². The Morgan fingerprint density at radius 3 is 2.39 bits per heavy atom. The number of aromatic nitrogens is 1. The van der Waals surface area contributed by atoms with Crippen LogP contribution in [0.5, 0.6) is 0 Å². The zero-order chi connectivity index (χ0) is 20.5. The molecule has 7 nitrogen and oxygen atoms in total. The monoisotopic (exact) mass is 409 g/mol. The van der Waals surface area contributed by atoms with Gasteiger partial charge >= 0.3 is 0 Å². The molecule has 0 aliphatic carbocycles. The van der Waals surface area contributed by atoms with Crippen molar-refractivity contribution in [3.63, 3.8) is 0 Å². The normalized spacial score (nSPS) is 16.3. The summed E-state index contributed by atoms with van der Waals surface area (Å²) in [4.78, 5) is 14.5. The van der Waals surface area contributed by atoms with Gasteiger partial charge in [0.2, 0.25) is 15.9 Å². The number of sulfonamides is 1. The quantitative estimate of drug-likeness (QED) is 0.758. The van der Waals surface area contributed by atoms with Gasteiger partial charge in [0.15, 0.2) is 0 Å². The van der Waals surface area contributed by atoms with E-state index >= 15 is 0 Å².